The number of aliphatic imine (C=N–C) groups is 1. The van der Waals surface area contributed by atoms with Crippen LogP contribution in [0.4, 0.5) is 0 Å². The van der Waals surface area contributed by atoms with E-state index in [0.717, 1.165) is 0 Å². The largest absolute Gasteiger partial charge is 0.370 e. The summed E-state index contributed by atoms with van der Waals surface area (Å²) in [7, 11) is 0. The smallest absolute Gasteiger partial charge is 0.247 e. The molecule has 40 heavy (non-hydrogen) atoms. The van der Waals surface area contributed by atoms with Crippen LogP contribution in [0.25, 0.3) is 0 Å². The molecule has 1 heterocycles. The maximum atomic E-state index is 13.3. The predicted molar refractivity (Wildman–Crippen MR) is 150 cm³/mol. The van der Waals surface area contributed by atoms with Gasteiger partial charge in [0.2, 0.25) is 29.5 Å². The van der Waals surface area contributed by atoms with Gasteiger partial charge in [0, 0.05) is 19.0 Å². The summed E-state index contributed by atoms with van der Waals surface area (Å²) in [5.41, 5.74) is 11.4. The van der Waals surface area contributed by atoms with Crippen molar-refractivity contribution < 1.29 is 24.0 Å². The number of carbonyl (C=O) groups is 5. The lowest BCUT2D eigenvalue weighted by Crippen LogP contribution is -2.57. The van der Waals surface area contributed by atoms with Gasteiger partial charge in [-0.15, -0.1) is 0 Å². The van der Waals surface area contributed by atoms with Crippen molar-refractivity contribution >= 4 is 35.5 Å². The van der Waals surface area contributed by atoms with Gasteiger partial charge in [0.05, 0.1) is 0 Å². The van der Waals surface area contributed by atoms with Crippen LogP contribution in [0.15, 0.2) is 35.3 Å². The van der Waals surface area contributed by atoms with Crippen LogP contribution >= 0.6 is 0 Å². The van der Waals surface area contributed by atoms with E-state index >= 15 is 0 Å². The summed E-state index contributed by atoms with van der Waals surface area (Å²) in [6.07, 6.45) is 1.37. The van der Waals surface area contributed by atoms with E-state index < -0.39 is 47.8 Å². The van der Waals surface area contributed by atoms with Crippen LogP contribution in [0.1, 0.15) is 64.5 Å². The Bertz CT molecular complexity index is 1060. The first-order chi connectivity index (χ1) is 19.0. The second-order valence-electron chi connectivity index (χ2n) is 9.98. The minimum Gasteiger partial charge on any atom is -0.370 e. The van der Waals surface area contributed by atoms with E-state index in [9.17, 15) is 24.0 Å². The van der Waals surface area contributed by atoms with Crippen molar-refractivity contribution in [3.8, 4) is 0 Å². The third kappa shape index (κ3) is 10.2. The minimum absolute atomic E-state index is 0.0918. The SMILES string of the molecule is CCC1NC(=O)C(CCCN=C(N)N)NC(=O)C(NC(=O)C(C)C)CCCNC(=O)C(c2ccccc2)NC1=O. The molecule has 1 aliphatic heterocycles. The van der Waals surface area contributed by atoms with Gasteiger partial charge in [0.15, 0.2) is 5.96 Å². The molecule has 0 aromatic heterocycles. The molecule has 4 unspecified atom stereocenters. The molecule has 220 valence electrons. The van der Waals surface area contributed by atoms with E-state index in [1.54, 1.807) is 51.1 Å². The van der Waals surface area contributed by atoms with Crippen LogP contribution in [0, 0.1) is 5.92 Å². The van der Waals surface area contributed by atoms with E-state index in [2.05, 4.69) is 31.6 Å². The number of nitrogens with zero attached hydrogens (tertiary/aromatic N) is 1. The molecule has 0 aliphatic carbocycles. The molecule has 9 N–H and O–H groups in total. The minimum atomic E-state index is -1.02. The second kappa shape index (κ2) is 16.1. The molecule has 13 heteroatoms. The predicted octanol–water partition coefficient (Wildman–Crippen LogP) is -0.672. The topological polar surface area (TPSA) is 210 Å². The average Bonchev–Trinajstić information content (AvgIpc) is 2.92. The third-order valence-corrected chi connectivity index (χ3v) is 6.43. The van der Waals surface area contributed by atoms with Crippen LogP contribution in [0.3, 0.4) is 0 Å². The van der Waals surface area contributed by atoms with Crippen molar-refractivity contribution in [3.05, 3.63) is 35.9 Å². The second-order valence-corrected chi connectivity index (χ2v) is 9.98. The van der Waals surface area contributed by atoms with Gasteiger partial charge in [0.25, 0.3) is 0 Å². The fourth-order valence-electron chi connectivity index (χ4n) is 4.09. The van der Waals surface area contributed by atoms with Crippen molar-refractivity contribution in [3.63, 3.8) is 0 Å². The highest BCUT2D eigenvalue weighted by atomic mass is 16.2. The van der Waals surface area contributed by atoms with Crippen molar-refractivity contribution in [2.75, 3.05) is 13.1 Å². The molecule has 0 radical (unpaired) electrons. The molecule has 1 aromatic carbocycles. The van der Waals surface area contributed by atoms with Gasteiger partial charge in [0.1, 0.15) is 24.2 Å². The van der Waals surface area contributed by atoms with Crippen molar-refractivity contribution in [2.45, 2.75) is 77.0 Å². The first kappa shape index (κ1) is 32.1. The van der Waals surface area contributed by atoms with E-state index in [0.29, 0.717) is 18.4 Å². The van der Waals surface area contributed by atoms with Crippen LogP contribution in [-0.2, 0) is 24.0 Å². The zero-order valence-corrected chi connectivity index (χ0v) is 23.4. The van der Waals surface area contributed by atoms with Crippen molar-refractivity contribution in [1.29, 1.82) is 0 Å². The Morgan fingerprint density at radius 2 is 1.62 bits per heavy atom. The van der Waals surface area contributed by atoms with Crippen molar-refractivity contribution in [1.82, 2.24) is 26.6 Å². The zero-order chi connectivity index (χ0) is 29.7. The molecule has 0 bridgehead atoms. The van der Waals surface area contributed by atoms with E-state index in [-0.39, 0.29) is 50.1 Å². The summed E-state index contributed by atoms with van der Waals surface area (Å²) in [6, 6.07) is 4.87. The number of guanidine groups is 1. The number of amides is 5. The Labute approximate surface area is 234 Å². The van der Waals surface area contributed by atoms with E-state index in [4.69, 9.17) is 11.5 Å². The van der Waals surface area contributed by atoms with Gasteiger partial charge in [-0.2, -0.15) is 0 Å². The Morgan fingerprint density at radius 1 is 0.975 bits per heavy atom. The summed E-state index contributed by atoms with van der Waals surface area (Å²) in [5.74, 6) is -2.87. The fraction of sp³-hybridized carbons (Fsp3) is 0.556. The number of nitrogens with two attached hydrogens (primary N) is 2. The molecule has 0 saturated carbocycles. The number of carbonyl (C=O) groups excluding carboxylic acids is 5. The maximum absolute atomic E-state index is 13.3. The lowest BCUT2D eigenvalue weighted by Gasteiger charge is -2.26. The molecule has 2 rings (SSSR count). The van der Waals surface area contributed by atoms with E-state index in [1.165, 1.54) is 0 Å². The Balaban J connectivity index is 2.37. The van der Waals surface area contributed by atoms with Gasteiger partial charge in [-0.25, -0.2) is 0 Å². The van der Waals surface area contributed by atoms with Gasteiger partial charge >= 0.3 is 0 Å². The quantitative estimate of drug-likeness (QED) is 0.124. The standard InChI is InChI=1S/C27H42N8O5/c1-4-18-23(37)35-21(17-10-6-5-7-11-17)26(40)30-14-8-12-19(33-22(36)16(2)3)25(39)34-20(24(38)32-18)13-9-15-31-27(28)29/h5-7,10-11,16,18-21H,4,8-9,12-15H2,1-3H3,(H,30,40)(H,32,38)(H,33,36)(H,34,39)(H,35,37)(H4,28,29,31). The highest BCUT2D eigenvalue weighted by molar-refractivity contribution is 5.96. The Hall–Kier alpha value is -4.16. The first-order valence-electron chi connectivity index (χ1n) is 13.6. The zero-order valence-electron chi connectivity index (χ0n) is 23.4. The lowest BCUT2D eigenvalue weighted by molar-refractivity contribution is -0.135. The molecular weight excluding hydrogens is 516 g/mol. The molecule has 1 aromatic rings. The summed E-state index contributed by atoms with van der Waals surface area (Å²) in [5, 5.41) is 13.7. The average molecular weight is 559 g/mol. The number of hydrogen-bond acceptors (Lipinski definition) is 6. The fourth-order valence-corrected chi connectivity index (χ4v) is 4.09. The molecule has 0 spiro atoms. The summed E-state index contributed by atoms with van der Waals surface area (Å²) < 4.78 is 0. The van der Waals surface area contributed by atoms with Crippen LogP contribution in [0.2, 0.25) is 0 Å². The highest BCUT2D eigenvalue weighted by Gasteiger charge is 2.31. The molecule has 5 amide bonds. The summed E-state index contributed by atoms with van der Waals surface area (Å²) in [6.45, 7) is 5.58. The highest BCUT2D eigenvalue weighted by Crippen LogP contribution is 2.14. The Morgan fingerprint density at radius 3 is 2.25 bits per heavy atom. The number of nitrogens with one attached hydrogen (secondary N) is 5. The Kier molecular flexibility index (Phi) is 12.9. The molecule has 4 atom stereocenters. The summed E-state index contributed by atoms with van der Waals surface area (Å²) in [4.78, 5) is 69.3. The molecule has 13 nitrogen and oxygen atoms in total. The number of hydrogen-bond donors (Lipinski definition) is 7. The maximum Gasteiger partial charge on any atom is 0.247 e. The molecule has 1 aliphatic rings. The summed E-state index contributed by atoms with van der Waals surface area (Å²) >= 11 is 0. The third-order valence-electron chi connectivity index (χ3n) is 6.43. The first-order valence-corrected chi connectivity index (χ1v) is 13.6. The van der Waals surface area contributed by atoms with Gasteiger partial charge in [-0.05, 0) is 37.7 Å². The van der Waals surface area contributed by atoms with Crippen molar-refractivity contribution in [2.24, 2.45) is 22.4 Å². The lowest BCUT2D eigenvalue weighted by atomic mass is 10.0. The van der Waals surface area contributed by atoms with Crippen LogP contribution in [-0.4, -0.2) is 66.7 Å². The monoisotopic (exact) mass is 558 g/mol. The van der Waals surface area contributed by atoms with Crippen LogP contribution < -0.4 is 38.1 Å². The number of benzene rings is 1. The van der Waals surface area contributed by atoms with Crippen LogP contribution in [0.5, 0.6) is 0 Å². The van der Waals surface area contributed by atoms with Gasteiger partial charge < -0.3 is 38.1 Å². The molecule has 1 saturated heterocycles. The van der Waals surface area contributed by atoms with Gasteiger partial charge in [-0.3, -0.25) is 29.0 Å². The normalized spacial score (nSPS) is 23.0. The molecule has 1 fully saturated rings. The van der Waals surface area contributed by atoms with Gasteiger partial charge in [-0.1, -0.05) is 51.1 Å². The van der Waals surface area contributed by atoms with E-state index in [1.807, 2.05) is 0 Å². The number of rotatable bonds is 8. The molecular formula is C27H42N8O5.